The van der Waals surface area contributed by atoms with E-state index in [1.54, 1.807) is 29.0 Å². The molecule has 1 aromatic carbocycles. The number of hydrogen-bond acceptors (Lipinski definition) is 4. The number of benzene rings is 1. The molecule has 0 radical (unpaired) electrons. The molecule has 0 spiro atoms. The average Bonchev–Trinajstić information content (AvgIpc) is 2.74. The topological polar surface area (TPSA) is 64.0 Å². The van der Waals surface area contributed by atoms with Gasteiger partial charge in [-0.15, -0.1) is 0 Å². The molecule has 2 rings (SSSR count). The fraction of sp³-hybridized carbons (Fsp3) is 0.412. The zero-order valence-corrected chi connectivity index (χ0v) is 15.2. The summed E-state index contributed by atoms with van der Waals surface area (Å²) in [6.45, 7) is 0.268. The van der Waals surface area contributed by atoms with Crippen LogP contribution in [-0.2, 0) is 4.79 Å². The molecule has 0 aliphatic carbocycles. The van der Waals surface area contributed by atoms with Gasteiger partial charge in [0.25, 0.3) is 0 Å². The number of phenols is 2. The fourth-order valence-electron chi connectivity index (χ4n) is 2.53. The van der Waals surface area contributed by atoms with Crippen molar-refractivity contribution in [2.24, 2.45) is 0 Å². The molecular formula is C17H21FN2O3Se. The minimum absolute atomic E-state index is 0.0354. The Morgan fingerprint density at radius 3 is 2.58 bits per heavy atom. The van der Waals surface area contributed by atoms with Gasteiger partial charge in [0.2, 0.25) is 0 Å². The quantitative estimate of drug-likeness (QED) is 0.418. The summed E-state index contributed by atoms with van der Waals surface area (Å²) >= 11 is 2.91. The second kappa shape index (κ2) is 8.31. The zero-order valence-electron chi connectivity index (χ0n) is 13.5. The Hall–Kier alpha value is -1.85. The molecule has 1 aliphatic heterocycles. The Bertz CT molecular complexity index is 663. The van der Waals surface area contributed by atoms with Crippen molar-refractivity contribution in [3.8, 4) is 11.5 Å². The van der Waals surface area contributed by atoms with E-state index < -0.39 is 0 Å². The maximum absolute atomic E-state index is 12.6. The van der Waals surface area contributed by atoms with E-state index in [0.29, 0.717) is 28.9 Å². The molecule has 0 atom stereocenters. The van der Waals surface area contributed by atoms with E-state index in [1.807, 2.05) is 0 Å². The summed E-state index contributed by atoms with van der Waals surface area (Å²) in [6.07, 6.45) is 4.66. The van der Waals surface area contributed by atoms with Gasteiger partial charge in [-0.25, -0.2) is 0 Å². The van der Waals surface area contributed by atoms with Gasteiger partial charge in [0.05, 0.1) is 0 Å². The van der Waals surface area contributed by atoms with Gasteiger partial charge in [-0.3, -0.25) is 0 Å². The van der Waals surface area contributed by atoms with Crippen LogP contribution >= 0.6 is 0 Å². The minimum atomic E-state index is -0.298. The summed E-state index contributed by atoms with van der Waals surface area (Å²) in [5, 5.41) is 19.2. The monoisotopic (exact) mass is 400 g/mol. The summed E-state index contributed by atoms with van der Waals surface area (Å²) in [4.78, 5) is 16.0. The van der Waals surface area contributed by atoms with Crippen LogP contribution in [0.25, 0.3) is 6.08 Å². The van der Waals surface area contributed by atoms with E-state index in [1.165, 1.54) is 12.1 Å². The molecule has 0 aromatic heterocycles. The first-order valence-corrected chi connectivity index (χ1v) is 8.70. The molecular weight excluding hydrogens is 378 g/mol. The van der Waals surface area contributed by atoms with Crippen molar-refractivity contribution in [2.45, 2.75) is 25.7 Å². The van der Waals surface area contributed by atoms with Crippen LogP contribution in [0, 0.1) is 0 Å². The number of carbonyl (C=O) groups excluding carboxylic acids is 1. The molecule has 1 amide bonds. The Labute approximate surface area is 148 Å². The molecule has 5 nitrogen and oxygen atoms in total. The molecule has 0 saturated carbocycles. The van der Waals surface area contributed by atoms with Crippen LogP contribution in [0.5, 0.6) is 11.5 Å². The van der Waals surface area contributed by atoms with Gasteiger partial charge in [0.1, 0.15) is 0 Å². The van der Waals surface area contributed by atoms with Crippen LogP contribution in [-0.4, -0.2) is 66.4 Å². The van der Waals surface area contributed by atoms with E-state index in [-0.39, 0.29) is 24.1 Å². The number of phenolic OH excluding ortho intramolecular Hbond substituents is 2. The molecule has 1 aromatic rings. The molecule has 1 saturated heterocycles. The van der Waals surface area contributed by atoms with E-state index in [4.69, 9.17) is 0 Å². The normalized spacial score (nSPS) is 16.5. The van der Waals surface area contributed by atoms with Gasteiger partial charge in [0.15, 0.2) is 0 Å². The van der Waals surface area contributed by atoms with E-state index >= 15 is 0 Å². The third-order valence-electron chi connectivity index (χ3n) is 3.92. The van der Waals surface area contributed by atoms with Crippen LogP contribution in [0.3, 0.4) is 0 Å². The third kappa shape index (κ3) is 4.16. The Kier molecular flexibility index (Phi) is 6.40. The number of nitrogens with zero attached hydrogens (tertiary/aromatic N) is 2. The molecule has 7 heteroatoms. The van der Waals surface area contributed by atoms with Crippen molar-refractivity contribution in [3.63, 3.8) is 0 Å². The molecule has 0 bridgehead atoms. The van der Waals surface area contributed by atoms with Crippen molar-refractivity contribution in [1.29, 1.82) is 0 Å². The summed E-state index contributed by atoms with van der Waals surface area (Å²) in [5.74, 6) is -0.272. The zero-order chi connectivity index (χ0) is 17.7. The first kappa shape index (κ1) is 18.5. The predicted molar refractivity (Wildman–Crippen MR) is 92.4 cm³/mol. The second-order valence-corrected chi connectivity index (χ2v) is 6.44. The number of unbranched alkanes of at least 4 members (excludes halogenated alkanes) is 3. The van der Waals surface area contributed by atoms with Gasteiger partial charge in [-0.05, 0) is 0 Å². The number of rotatable bonds is 7. The number of alkyl halides is 1. The van der Waals surface area contributed by atoms with Crippen LogP contribution in [0.1, 0.15) is 31.2 Å². The van der Waals surface area contributed by atoms with E-state index in [0.717, 1.165) is 19.3 Å². The fourth-order valence-corrected chi connectivity index (χ4v) is 3.10. The van der Waals surface area contributed by atoms with Crippen LogP contribution in [0.4, 0.5) is 4.39 Å². The summed E-state index contributed by atoms with van der Waals surface area (Å²) in [7, 11) is 1.77. The average molecular weight is 399 g/mol. The number of aromatic hydroxyl groups is 2. The number of hydrogen-bond donors (Lipinski definition) is 2. The first-order chi connectivity index (χ1) is 11.5. The second-order valence-electron chi connectivity index (χ2n) is 5.67. The first-order valence-electron chi connectivity index (χ1n) is 7.85. The molecule has 24 heavy (non-hydrogen) atoms. The van der Waals surface area contributed by atoms with Crippen LogP contribution < -0.4 is 0 Å². The third-order valence-corrected chi connectivity index (χ3v) is 4.95. The van der Waals surface area contributed by atoms with Gasteiger partial charge >= 0.3 is 148 Å². The molecule has 0 unspecified atom stereocenters. The van der Waals surface area contributed by atoms with Crippen molar-refractivity contribution < 1.29 is 19.4 Å². The van der Waals surface area contributed by atoms with Crippen LogP contribution in [0.15, 0.2) is 23.9 Å². The molecule has 2 N–H and O–H groups in total. The number of halogens is 1. The van der Waals surface area contributed by atoms with Crippen molar-refractivity contribution in [1.82, 2.24) is 9.80 Å². The van der Waals surface area contributed by atoms with Crippen LogP contribution in [0.2, 0.25) is 0 Å². The van der Waals surface area contributed by atoms with Gasteiger partial charge in [0, 0.05) is 0 Å². The number of amides is 1. The van der Waals surface area contributed by atoms with Gasteiger partial charge in [-0.2, -0.15) is 0 Å². The standard InChI is InChI=1S/C17H21FN2O3Se/c1-19-14(10-12-6-7-13(21)11-15(12)22)16(23)20(17(19)24)9-5-3-2-4-8-18/h6-7,10-11,21-22H,2-5,8-9H2,1H3/b14-10+. The van der Waals surface area contributed by atoms with Crippen molar-refractivity contribution in [2.75, 3.05) is 20.3 Å². The molecule has 1 fully saturated rings. The van der Waals surface area contributed by atoms with Crippen molar-refractivity contribution in [3.05, 3.63) is 29.5 Å². The Morgan fingerprint density at radius 2 is 1.92 bits per heavy atom. The molecule has 1 aliphatic rings. The maximum atomic E-state index is 12.6. The van der Waals surface area contributed by atoms with E-state index in [9.17, 15) is 19.4 Å². The van der Waals surface area contributed by atoms with Crippen molar-refractivity contribution >= 4 is 32.2 Å². The summed E-state index contributed by atoms with van der Waals surface area (Å²) < 4.78 is 12.8. The molecule has 130 valence electrons. The van der Waals surface area contributed by atoms with Gasteiger partial charge in [-0.1, -0.05) is 0 Å². The Morgan fingerprint density at radius 1 is 1.21 bits per heavy atom. The van der Waals surface area contributed by atoms with E-state index in [2.05, 4.69) is 15.6 Å². The Balaban J connectivity index is 2.10. The number of carbonyl (C=O) groups is 1. The number of likely N-dealkylation sites (N-methyl/N-ethyl adjacent to an activating group) is 1. The summed E-state index contributed by atoms with van der Waals surface area (Å²) in [6, 6.07) is 4.24. The molecule has 1 heterocycles. The van der Waals surface area contributed by atoms with Gasteiger partial charge < -0.3 is 0 Å². The predicted octanol–water partition coefficient (Wildman–Crippen LogP) is 2.00. The SMILES string of the molecule is CN1C(=[Se])N(CCCCCCF)C(=O)/C1=C\c1ccc(O)cc1O. The summed E-state index contributed by atoms with van der Waals surface area (Å²) in [5.41, 5.74) is 0.897.